The van der Waals surface area contributed by atoms with Gasteiger partial charge in [-0.3, -0.25) is 14.4 Å². The molecular formula is C74H130O6. The van der Waals surface area contributed by atoms with E-state index in [1.807, 2.05) is 6.08 Å². The van der Waals surface area contributed by atoms with E-state index in [1.165, 1.54) is 225 Å². The molecule has 0 fully saturated rings. The van der Waals surface area contributed by atoms with Crippen molar-refractivity contribution in [1.29, 1.82) is 0 Å². The van der Waals surface area contributed by atoms with Gasteiger partial charge in [0.2, 0.25) is 0 Å². The van der Waals surface area contributed by atoms with E-state index in [0.717, 1.165) is 77.0 Å². The molecule has 0 aliphatic heterocycles. The maximum atomic E-state index is 12.9. The number of carbonyl (C=O) groups excluding carboxylic acids is 3. The van der Waals surface area contributed by atoms with Crippen LogP contribution in [0.25, 0.3) is 0 Å². The Kier molecular flexibility index (Phi) is 65.2. The van der Waals surface area contributed by atoms with Crippen molar-refractivity contribution < 1.29 is 28.6 Å². The summed E-state index contributed by atoms with van der Waals surface area (Å²) in [6.07, 6.45) is 90.6. The molecule has 0 bridgehead atoms. The van der Waals surface area contributed by atoms with E-state index in [-0.39, 0.29) is 37.5 Å². The number of allylic oxidation sites excluding steroid dienone is 14. The summed E-state index contributed by atoms with van der Waals surface area (Å²) in [4.78, 5) is 38.3. The van der Waals surface area contributed by atoms with Crippen molar-refractivity contribution in [2.24, 2.45) is 0 Å². The summed E-state index contributed by atoms with van der Waals surface area (Å²) in [6.45, 7) is 6.50. The van der Waals surface area contributed by atoms with Gasteiger partial charge in [-0.15, -0.1) is 0 Å². The molecule has 1 atom stereocenters. The molecule has 0 aromatic heterocycles. The third kappa shape index (κ3) is 65.4. The van der Waals surface area contributed by atoms with Crippen LogP contribution in [0.3, 0.4) is 0 Å². The van der Waals surface area contributed by atoms with E-state index < -0.39 is 6.10 Å². The molecule has 1 unspecified atom stereocenters. The number of esters is 3. The average molecular weight is 1120 g/mol. The van der Waals surface area contributed by atoms with Crippen molar-refractivity contribution in [1.82, 2.24) is 0 Å². The minimum Gasteiger partial charge on any atom is -0.462 e. The zero-order chi connectivity index (χ0) is 57.8. The lowest BCUT2D eigenvalue weighted by atomic mass is 10.0. The van der Waals surface area contributed by atoms with Crippen LogP contribution in [0.5, 0.6) is 0 Å². The predicted molar refractivity (Wildman–Crippen MR) is 348 cm³/mol. The monoisotopic (exact) mass is 1110 g/mol. The second-order valence-corrected chi connectivity index (χ2v) is 23.1. The van der Waals surface area contributed by atoms with Gasteiger partial charge in [0.15, 0.2) is 6.10 Å². The topological polar surface area (TPSA) is 78.9 Å². The summed E-state index contributed by atoms with van der Waals surface area (Å²) >= 11 is 0. The highest BCUT2D eigenvalue weighted by molar-refractivity contribution is 5.71. The van der Waals surface area contributed by atoms with Gasteiger partial charge in [0, 0.05) is 19.3 Å². The molecule has 0 aliphatic carbocycles. The molecule has 0 aromatic rings. The van der Waals surface area contributed by atoms with Gasteiger partial charge < -0.3 is 14.2 Å². The zero-order valence-electron chi connectivity index (χ0n) is 53.1. The average Bonchev–Trinajstić information content (AvgIpc) is 3.46. The molecule has 0 saturated heterocycles. The third-order valence-corrected chi connectivity index (χ3v) is 15.1. The quantitative estimate of drug-likeness (QED) is 0.0261. The van der Waals surface area contributed by atoms with Crippen molar-refractivity contribution in [3.8, 4) is 0 Å². The van der Waals surface area contributed by atoms with Crippen LogP contribution in [0.4, 0.5) is 0 Å². The summed E-state index contributed by atoms with van der Waals surface area (Å²) in [5.74, 6) is -0.966. The maximum Gasteiger partial charge on any atom is 0.306 e. The second-order valence-electron chi connectivity index (χ2n) is 23.1. The summed E-state index contributed by atoms with van der Waals surface area (Å²) in [7, 11) is 0. The van der Waals surface area contributed by atoms with Crippen molar-refractivity contribution in [3.63, 3.8) is 0 Å². The Morgan fingerprint density at radius 1 is 0.263 bits per heavy atom. The Morgan fingerprint density at radius 2 is 0.512 bits per heavy atom. The Morgan fingerprint density at radius 3 is 0.838 bits per heavy atom. The molecule has 6 nitrogen and oxygen atoms in total. The number of rotatable bonds is 63. The standard InChI is InChI=1S/C74H130O6/c1-4-7-10-13-16-19-22-25-27-29-31-33-35-36-37-38-39-41-42-44-46-49-52-55-58-61-64-67-73(76)79-70-71(69-78-72(75)66-63-60-57-54-51-48-24-21-18-15-12-9-6-3)80-74(77)68-65-62-59-56-53-50-47-45-43-40-34-32-30-28-26-23-20-17-14-11-8-5-2/h9,12,18,21-22,25,29,31,35-36,48,51,57,60,71H,4-8,10-11,13-17,19-20,23-24,26-28,30,32-34,37-47,49-50,52-56,58-59,61-70H2,1-3H3/b12-9-,21-18-,25-22-,31-29-,36-35-,51-48-,60-57-. The molecule has 0 radical (unpaired) electrons. The Labute approximate surface area is 496 Å². The van der Waals surface area contributed by atoms with E-state index in [9.17, 15) is 14.4 Å². The summed E-state index contributed by atoms with van der Waals surface area (Å²) in [6, 6.07) is 0. The van der Waals surface area contributed by atoms with E-state index >= 15 is 0 Å². The van der Waals surface area contributed by atoms with Crippen LogP contribution in [0.2, 0.25) is 0 Å². The SMILES string of the molecule is CC/C=C\C/C=C\C/C=C\C/C=C\CCC(=O)OCC(COC(=O)CCCCCCCCCCCCCC/C=C\C/C=C\C/C=C\CCCCCCC)OC(=O)CCCCCCCCCCCCCCCCCCCCCCCC. The fraction of sp³-hybridized carbons (Fsp3) is 0.770. The molecule has 0 rings (SSSR count). The first kappa shape index (κ1) is 76.6. The van der Waals surface area contributed by atoms with Crippen LogP contribution in [0.1, 0.15) is 348 Å². The van der Waals surface area contributed by atoms with Gasteiger partial charge in [-0.05, 0) is 83.5 Å². The lowest BCUT2D eigenvalue weighted by Gasteiger charge is -2.18. The Bertz CT molecular complexity index is 1520. The molecular weight excluding hydrogens is 985 g/mol. The number of hydrogen-bond donors (Lipinski definition) is 0. The van der Waals surface area contributed by atoms with Crippen LogP contribution in [-0.4, -0.2) is 37.2 Å². The molecule has 0 spiro atoms. The summed E-state index contributed by atoms with van der Waals surface area (Å²) in [5, 5.41) is 0. The van der Waals surface area contributed by atoms with Gasteiger partial charge in [-0.2, -0.15) is 0 Å². The van der Waals surface area contributed by atoms with E-state index in [2.05, 4.69) is 99.8 Å². The molecule has 0 saturated carbocycles. The fourth-order valence-corrected chi connectivity index (χ4v) is 10.00. The lowest BCUT2D eigenvalue weighted by Crippen LogP contribution is -2.30. The molecule has 80 heavy (non-hydrogen) atoms. The highest BCUT2D eigenvalue weighted by Gasteiger charge is 2.19. The minimum atomic E-state index is -0.806. The second kappa shape index (κ2) is 68.1. The van der Waals surface area contributed by atoms with Crippen molar-refractivity contribution in [2.75, 3.05) is 13.2 Å². The molecule has 0 N–H and O–H groups in total. The van der Waals surface area contributed by atoms with Crippen molar-refractivity contribution in [3.05, 3.63) is 85.1 Å². The molecule has 0 aliphatic rings. The lowest BCUT2D eigenvalue weighted by molar-refractivity contribution is -0.166. The largest absolute Gasteiger partial charge is 0.462 e. The van der Waals surface area contributed by atoms with Gasteiger partial charge in [0.25, 0.3) is 0 Å². The Balaban J connectivity index is 4.29. The predicted octanol–water partition coefficient (Wildman–Crippen LogP) is 23.8. The molecule has 0 heterocycles. The van der Waals surface area contributed by atoms with Crippen molar-refractivity contribution >= 4 is 17.9 Å². The normalized spacial score (nSPS) is 12.6. The molecule has 6 heteroatoms. The first-order valence-electron chi connectivity index (χ1n) is 34.6. The number of hydrogen-bond acceptors (Lipinski definition) is 6. The highest BCUT2D eigenvalue weighted by atomic mass is 16.6. The van der Waals surface area contributed by atoms with Gasteiger partial charge in [-0.25, -0.2) is 0 Å². The third-order valence-electron chi connectivity index (χ3n) is 15.1. The van der Waals surface area contributed by atoms with Gasteiger partial charge >= 0.3 is 17.9 Å². The number of unbranched alkanes of at least 4 members (excludes halogenated alkanes) is 38. The van der Waals surface area contributed by atoms with Crippen LogP contribution >= 0.6 is 0 Å². The van der Waals surface area contributed by atoms with Gasteiger partial charge in [-0.1, -0.05) is 331 Å². The fourth-order valence-electron chi connectivity index (χ4n) is 10.00. The van der Waals surface area contributed by atoms with E-state index in [0.29, 0.717) is 19.3 Å². The zero-order valence-corrected chi connectivity index (χ0v) is 53.1. The van der Waals surface area contributed by atoms with Gasteiger partial charge in [0.1, 0.15) is 13.2 Å². The first-order chi connectivity index (χ1) is 39.5. The van der Waals surface area contributed by atoms with Crippen molar-refractivity contribution in [2.45, 2.75) is 354 Å². The van der Waals surface area contributed by atoms with Crippen LogP contribution < -0.4 is 0 Å². The smallest absolute Gasteiger partial charge is 0.306 e. The molecule has 0 aromatic carbocycles. The van der Waals surface area contributed by atoms with E-state index in [1.54, 1.807) is 0 Å². The molecule has 0 amide bonds. The van der Waals surface area contributed by atoms with E-state index in [4.69, 9.17) is 14.2 Å². The highest BCUT2D eigenvalue weighted by Crippen LogP contribution is 2.18. The van der Waals surface area contributed by atoms with Crippen LogP contribution in [-0.2, 0) is 28.6 Å². The van der Waals surface area contributed by atoms with Crippen LogP contribution in [0.15, 0.2) is 85.1 Å². The Hall–Kier alpha value is -3.41. The summed E-state index contributed by atoms with van der Waals surface area (Å²) < 4.78 is 16.9. The number of ether oxygens (including phenoxy) is 3. The molecule has 462 valence electrons. The first-order valence-corrected chi connectivity index (χ1v) is 34.6. The summed E-state index contributed by atoms with van der Waals surface area (Å²) in [5.41, 5.74) is 0. The minimum absolute atomic E-state index is 0.0965. The van der Waals surface area contributed by atoms with Gasteiger partial charge in [0.05, 0.1) is 0 Å². The number of carbonyl (C=O) groups is 3. The van der Waals surface area contributed by atoms with Crippen LogP contribution in [0, 0.1) is 0 Å². The maximum absolute atomic E-state index is 12.9.